The van der Waals surface area contributed by atoms with Gasteiger partial charge in [0, 0.05) is 22.5 Å². The van der Waals surface area contributed by atoms with Crippen LogP contribution in [0.4, 0.5) is 17.1 Å². The summed E-state index contributed by atoms with van der Waals surface area (Å²) in [5.74, 6) is 0.652. The van der Waals surface area contributed by atoms with Gasteiger partial charge in [-0.3, -0.25) is 0 Å². The van der Waals surface area contributed by atoms with Crippen molar-refractivity contribution in [3.63, 3.8) is 0 Å². The predicted molar refractivity (Wildman–Crippen MR) is 321 cm³/mol. The number of nitrogens with zero attached hydrogens (tertiary/aromatic N) is 1. The van der Waals surface area contributed by atoms with Crippen LogP contribution in [0.1, 0.15) is 174 Å². The molecule has 0 saturated heterocycles. The van der Waals surface area contributed by atoms with Crippen LogP contribution in [0.3, 0.4) is 0 Å². The zero-order valence-corrected chi connectivity index (χ0v) is 47.2. The molecular weight excluding hydrogens is 891 g/mol. The minimum absolute atomic E-state index is 0.0203. The lowest BCUT2D eigenvalue weighted by Gasteiger charge is -2.29. The highest BCUT2D eigenvalue weighted by molar-refractivity contribution is 5.88. The Morgan fingerprint density at radius 3 is 1.26 bits per heavy atom. The minimum Gasteiger partial charge on any atom is -0.310 e. The van der Waals surface area contributed by atoms with E-state index in [2.05, 4.69) is 272 Å². The van der Waals surface area contributed by atoms with Crippen LogP contribution < -0.4 is 4.90 Å². The number of hydrogen-bond donors (Lipinski definition) is 0. The van der Waals surface area contributed by atoms with Crippen LogP contribution in [0.25, 0.3) is 55.6 Å². The molecule has 378 valence electrons. The third kappa shape index (κ3) is 10.2. The highest BCUT2D eigenvalue weighted by Gasteiger charge is 2.36. The van der Waals surface area contributed by atoms with E-state index in [4.69, 9.17) is 0 Å². The second-order valence-corrected chi connectivity index (χ2v) is 26.7. The summed E-state index contributed by atoms with van der Waals surface area (Å²) in [5.41, 5.74) is 25.6. The van der Waals surface area contributed by atoms with Crippen molar-refractivity contribution in [1.29, 1.82) is 0 Å². The minimum atomic E-state index is -0.130. The topological polar surface area (TPSA) is 3.24 Å². The van der Waals surface area contributed by atoms with Crippen LogP contribution in [-0.4, -0.2) is 0 Å². The Balaban J connectivity index is 1.13. The molecule has 1 heteroatoms. The van der Waals surface area contributed by atoms with E-state index in [9.17, 15) is 0 Å². The first-order valence-corrected chi connectivity index (χ1v) is 27.8. The first kappa shape index (κ1) is 51.1. The second kappa shape index (κ2) is 19.0. The van der Waals surface area contributed by atoms with Crippen LogP contribution in [-0.2, 0) is 27.1 Å². The molecule has 0 bridgehead atoms. The molecule has 0 aliphatic heterocycles. The Hall–Kier alpha value is -6.44. The molecule has 10 rings (SSSR count). The summed E-state index contributed by atoms with van der Waals surface area (Å²) in [4.78, 5) is 2.50. The molecule has 8 aromatic rings. The van der Waals surface area contributed by atoms with Crippen molar-refractivity contribution >= 4 is 17.1 Å². The fourth-order valence-electron chi connectivity index (χ4n) is 11.8. The van der Waals surface area contributed by atoms with E-state index in [1.54, 1.807) is 0 Å². The first-order valence-electron chi connectivity index (χ1n) is 27.8. The van der Waals surface area contributed by atoms with Gasteiger partial charge in [-0.05, 0) is 184 Å². The third-order valence-corrected chi connectivity index (χ3v) is 16.6. The molecule has 1 saturated carbocycles. The third-order valence-electron chi connectivity index (χ3n) is 16.6. The molecule has 0 N–H and O–H groups in total. The van der Waals surface area contributed by atoms with E-state index in [1.165, 1.54) is 127 Å². The fourth-order valence-corrected chi connectivity index (χ4v) is 11.8. The van der Waals surface area contributed by atoms with Gasteiger partial charge in [0.05, 0.1) is 0 Å². The molecule has 1 fully saturated rings. The molecule has 2 aliphatic carbocycles. The first-order chi connectivity index (χ1) is 34.9. The summed E-state index contributed by atoms with van der Waals surface area (Å²) in [6.45, 7) is 32.9. The molecule has 8 aromatic carbocycles. The van der Waals surface area contributed by atoms with Gasteiger partial charge < -0.3 is 4.90 Å². The number of hydrogen-bond acceptors (Lipinski definition) is 1. The van der Waals surface area contributed by atoms with E-state index in [1.807, 2.05) is 0 Å². The largest absolute Gasteiger partial charge is 0.310 e. The van der Waals surface area contributed by atoms with E-state index in [0.717, 1.165) is 17.1 Å². The van der Waals surface area contributed by atoms with Gasteiger partial charge in [-0.15, -0.1) is 0 Å². The standard InChI is InChI=1S/C73H81N/c1-69(2,3)58-38-53(36-54(39-58)55-37-56(41-59(40-55)70(4,5)6)57-42-60(71(7,8)9)46-61(43-57)72(10,11)12)52-28-22-30-63(45-52)74(64-33-34-66-65-31-18-19-32-67(65)73(13,14)68(66)47-64)62-29-21-27-51(44-62)50-26-20-25-49(35-50)48-23-16-15-17-24-48/h18-22,25-48H,15-17,23-24H2,1-14H3. The molecule has 74 heavy (non-hydrogen) atoms. The van der Waals surface area contributed by atoms with Gasteiger partial charge in [-0.25, -0.2) is 0 Å². The summed E-state index contributed by atoms with van der Waals surface area (Å²) in [5, 5.41) is 0. The van der Waals surface area contributed by atoms with Crippen LogP contribution in [0.2, 0.25) is 0 Å². The van der Waals surface area contributed by atoms with E-state index < -0.39 is 0 Å². The molecule has 0 spiro atoms. The molecule has 1 nitrogen and oxygen atoms in total. The average Bonchev–Trinajstić information content (AvgIpc) is 3.61. The number of fused-ring (bicyclic) bond motifs is 3. The van der Waals surface area contributed by atoms with E-state index >= 15 is 0 Å². The zero-order valence-electron chi connectivity index (χ0n) is 47.2. The van der Waals surface area contributed by atoms with Crippen molar-refractivity contribution < 1.29 is 0 Å². The smallest absolute Gasteiger partial charge is 0.0467 e. The Kier molecular flexibility index (Phi) is 13.1. The zero-order chi connectivity index (χ0) is 52.5. The second-order valence-electron chi connectivity index (χ2n) is 26.7. The maximum Gasteiger partial charge on any atom is 0.0467 e. The molecule has 2 aliphatic rings. The summed E-state index contributed by atoms with van der Waals surface area (Å²) < 4.78 is 0. The van der Waals surface area contributed by atoms with Crippen molar-refractivity contribution in [3.8, 4) is 55.6 Å². The summed E-state index contributed by atoms with van der Waals surface area (Å²) in [6.07, 6.45) is 6.62. The number of anilines is 3. The van der Waals surface area contributed by atoms with E-state index in [0.29, 0.717) is 5.92 Å². The Bertz CT molecular complexity index is 3340. The van der Waals surface area contributed by atoms with Crippen molar-refractivity contribution in [2.75, 3.05) is 4.90 Å². The molecule has 0 amide bonds. The molecule has 0 heterocycles. The van der Waals surface area contributed by atoms with Crippen molar-refractivity contribution in [3.05, 3.63) is 209 Å². The molecule has 0 radical (unpaired) electrons. The Morgan fingerprint density at radius 1 is 0.338 bits per heavy atom. The van der Waals surface area contributed by atoms with Crippen molar-refractivity contribution in [1.82, 2.24) is 0 Å². The van der Waals surface area contributed by atoms with Crippen LogP contribution >= 0.6 is 0 Å². The van der Waals surface area contributed by atoms with Gasteiger partial charge in [-0.2, -0.15) is 0 Å². The van der Waals surface area contributed by atoms with Crippen molar-refractivity contribution in [2.24, 2.45) is 0 Å². The SMILES string of the molecule is CC(C)(C)c1cc(-c2cccc(N(c3cccc(-c4cccc(C5CCCCC5)c4)c3)c3ccc4c(c3)C(C)(C)c3ccccc3-4)c2)cc(-c2cc(-c3cc(C(C)(C)C)cc(C(C)(C)C)c3)cc(C(C)(C)C)c2)c1. The van der Waals surface area contributed by atoms with Gasteiger partial charge in [0.2, 0.25) is 0 Å². The molecular formula is C73H81N. The summed E-state index contributed by atoms with van der Waals surface area (Å²) >= 11 is 0. The van der Waals surface area contributed by atoms with Gasteiger partial charge in [0.15, 0.2) is 0 Å². The summed E-state index contributed by atoms with van der Waals surface area (Å²) in [6, 6.07) is 66.2. The average molecular weight is 972 g/mol. The van der Waals surface area contributed by atoms with E-state index in [-0.39, 0.29) is 27.1 Å². The number of rotatable bonds is 8. The Morgan fingerprint density at radius 2 is 0.743 bits per heavy atom. The Labute approximate surface area is 446 Å². The highest BCUT2D eigenvalue weighted by Crippen LogP contribution is 2.51. The summed E-state index contributed by atoms with van der Waals surface area (Å²) in [7, 11) is 0. The van der Waals surface area contributed by atoms with Crippen LogP contribution in [0.5, 0.6) is 0 Å². The van der Waals surface area contributed by atoms with Gasteiger partial charge in [0.25, 0.3) is 0 Å². The molecule has 0 atom stereocenters. The van der Waals surface area contributed by atoms with Gasteiger partial charge in [-0.1, -0.05) is 238 Å². The van der Waals surface area contributed by atoms with Gasteiger partial charge in [0.1, 0.15) is 0 Å². The lowest BCUT2D eigenvalue weighted by Crippen LogP contribution is -2.16. The highest BCUT2D eigenvalue weighted by atomic mass is 15.1. The monoisotopic (exact) mass is 972 g/mol. The predicted octanol–water partition coefficient (Wildman–Crippen LogP) is 21.4. The van der Waals surface area contributed by atoms with Crippen LogP contribution in [0, 0.1) is 0 Å². The van der Waals surface area contributed by atoms with Crippen LogP contribution in [0.15, 0.2) is 170 Å². The number of benzene rings is 8. The molecule has 0 unspecified atom stereocenters. The molecule has 0 aromatic heterocycles. The van der Waals surface area contributed by atoms with Gasteiger partial charge >= 0.3 is 0 Å². The quantitative estimate of drug-likeness (QED) is 0.147. The normalized spacial score (nSPS) is 14.9. The fraction of sp³-hybridized carbons (Fsp3) is 0.342. The maximum atomic E-state index is 2.50. The van der Waals surface area contributed by atoms with Crippen molar-refractivity contribution in [2.45, 2.75) is 162 Å². The lowest BCUT2D eigenvalue weighted by molar-refractivity contribution is 0.444. The maximum absolute atomic E-state index is 2.50. The lowest BCUT2D eigenvalue weighted by atomic mass is 9.77.